The zero-order valence-corrected chi connectivity index (χ0v) is 10.0. The highest BCUT2D eigenvalue weighted by Gasteiger charge is 2.63. The van der Waals surface area contributed by atoms with Crippen LogP contribution >= 0.6 is 7.60 Å². The summed E-state index contributed by atoms with van der Waals surface area (Å²) < 4.78 is 11.4. The van der Waals surface area contributed by atoms with Crippen molar-refractivity contribution in [3.63, 3.8) is 0 Å². The van der Waals surface area contributed by atoms with Gasteiger partial charge in [0.05, 0.1) is 0 Å². The fourth-order valence-corrected chi connectivity index (χ4v) is 3.39. The summed E-state index contributed by atoms with van der Waals surface area (Å²) in [5, 5.41) is 2.03. The SMILES string of the molecule is C[C@H]1C[C@@]1(NCc1ccccc1)P(=O)(O)O. The van der Waals surface area contributed by atoms with Crippen LogP contribution in [-0.2, 0) is 11.1 Å². The molecule has 0 heterocycles. The minimum Gasteiger partial charge on any atom is -0.323 e. The third-order valence-electron chi connectivity index (χ3n) is 3.23. The van der Waals surface area contributed by atoms with E-state index in [9.17, 15) is 14.4 Å². The lowest BCUT2D eigenvalue weighted by Crippen LogP contribution is -2.32. The molecule has 1 aromatic rings. The predicted molar refractivity (Wildman–Crippen MR) is 61.8 cm³/mol. The maximum absolute atomic E-state index is 11.4. The molecule has 5 heteroatoms. The molecule has 0 spiro atoms. The number of nitrogens with one attached hydrogen (secondary N) is 1. The van der Waals surface area contributed by atoms with Gasteiger partial charge in [-0.3, -0.25) is 9.88 Å². The van der Waals surface area contributed by atoms with E-state index in [2.05, 4.69) is 5.32 Å². The van der Waals surface area contributed by atoms with Gasteiger partial charge in [0.25, 0.3) is 0 Å². The van der Waals surface area contributed by atoms with E-state index in [-0.39, 0.29) is 5.92 Å². The molecule has 3 N–H and O–H groups in total. The maximum Gasteiger partial charge on any atom is 0.345 e. The van der Waals surface area contributed by atoms with Crippen molar-refractivity contribution >= 4 is 7.60 Å². The van der Waals surface area contributed by atoms with Gasteiger partial charge in [0.1, 0.15) is 5.28 Å². The van der Waals surface area contributed by atoms with Crippen molar-refractivity contribution in [2.24, 2.45) is 5.92 Å². The van der Waals surface area contributed by atoms with Gasteiger partial charge in [0.2, 0.25) is 0 Å². The van der Waals surface area contributed by atoms with E-state index in [0.29, 0.717) is 13.0 Å². The van der Waals surface area contributed by atoms with Gasteiger partial charge < -0.3 is 9.79 Å². The Balaban J connectivity index is 2.03. The van der Waals surface area contributed by atoms with Gasteiger partial charge in [-0.1, -0.05) is 37.3 Å². The van der Waals surface area contributed by atoms with Crippen LogP contribution in [0.5, 0.6) is 0 Å². The molecule has 1 aliphatic rings. The Kier molecular flexibility index (Phi) is 2.93. The van der Waals surface area contributed by atoms with E-state index in [0.717, 1.165) is 5.56 Å². The minimum atomic E-state index is -4.06. The van der Waals surface area contributed by atoms with E-state index in [1.54, 1.807) is 0 Å². The molecule has 4 nitrogen and oxygen atoms in total. The fourth-order valence-electron chi connectivity index (χ4n) is 2.01. The molecule has 0 amide bonds. The van der Waals surface area contributed by atoms with E-state index in [4.69, 9.17) is 0 Å². The normalized spacial score (nSPS) is 29.1. The Morgan fingerprint density at radius 1 is 1.44 bits per heavy atom. The Morgan fingerprint density at radius 3 is 2.44 bits per heavy atom. The van der Waals surface area contributed by atoms with Gasteiger partial charge in [-0.2, -0.15) is 0 Å². The van der Waals surface area contributed by atoms with E-state index >= 15 is 0 Å². The molecule has 0 saturated heterocycles. The smallest absolute Gasteiger partial charge is 0.323 e. The summed E-state index contributed by atoms with van der Waals surface area (Å²) in [5.74, 6) is 0.0389. The van der Waals surface area contributed by atoms with Gasteiger partial charge in [-0.25, -0.2) is 0 Å². The van der Waals surface area contributed by atoms with Crippen LogP contribution in [-0.4, -0.2) is 15.1 Å². The molecule has 2 atom stereocenters. The second kappa shape index (κ2) is 3.97. The van der Waals surface area contributed by atoms with Crippen LogP contribution in [0.1, 0.15) is 18.9 Å². The summed E-state index contributed by atoms with van der Waals surface area (Å²) in [5.41, 5.74) is 1.04. The first-order valence-electron chi connectivity index (χ1n) is 5.30. The van der Waals surface area contributed by atoms with E-state index < -0.39 is 12.9 Å². The van der Waals surface area contributed by atoms with Crippen molar-refractivity contribution < 1.29 is 14.4 Å². The summed E-state index contributed by atoms with van der Waals surface area (Å²) in [4.78, 5) is 18.6. The standard InChI is InChI=1S/C11H16NO3P/c1-9-7-11(9,16(13,14)15)12-8-10-5-3-2-4-6-10/h2-6,9,12H,7-8H2,1H3,(H2,13,14,15)/t9-,11+/m0/s1. The van der Waals surface area contributed by atoms with Crippen molar-refractivity contribution in [1.82, 2.24) is 5.32 Å². The average molecular weight is 241 g/mol. The number of benzene rings is 1. The topological polar surface area (TPSA) is 69.6 Å². The summed E-state index contributed by atoms with van der Waals surface area (Å²) in [7, 11) is -4.06. The minimum absolute atomic E-state index is 0.0389. The first-order valence-corrected chi connectivity index (χ1v) is 6.91. The average Bonchev–Trinajstić information content (AvgIpc) is 2.89. The molecular formula is C11H16NO3P. The van der Waals surface area contributed by atoms with Gasteiger partial charge in [-0.05, 0) is 17.9 Å². The van der Waals surface area contributed by atoms with Crippen LogP contribution in [0.4, 0.5) is 0 Å². The molecule has 0 aromatic heterocycles. The van der Waals surface area contributed by atoms with Crippen LogP contribution in [0.3, 0.4) is 0 Å². The monoisotopic (exact) mass is 241 g/mol. The van der Waals surface area contributed by atoms with E-state index in [1.807, 2.05) is 37.3 Å². The fraction of sp³-hybridized carbons (Fsp3) is 0.455. The quantitative estimate of drug-likeness (QED) is 0.701. The highest BCUT2D eigenvalue weighted by Crippen LogP contribution is 2.66. The summed E-state index contributed by atoms with van der Waals surface area (Å²) in [6, 6.07) is 9.62. The Morgan fingerprint density at radius 2 is 2.00 bits per heavy atom. The first-order chi connectivity index (χ1) is 7.46. The van der Waals surface area contributed by atoms with Crippen molar-refractivity contribution in [2.75, 3.05) is 0 Å². The van der Waals surface area contributed by atoms with Crippen molar-refractivity contribution in [3.8, 4) is 0 Å². The maximum atomic E-state index is 11.4. The van der Waals surface area contributed by atoms with Gasteiger partial charge in [0.15, 0.2) is 0 Å². The summed E-state index contributed by atoms with van der Waals surface area (Å²) in [6.07, 6.45) is 0.546. The molecule has 2 rings (SSSR count). The molecule has 88 valence electrons. The third kappa shape index (κ3) is 2.06. The number of hydrogen-bond donors (Lipinski definition) is 3. The van der Waals surface area contributed by atoms with Crippen LogP contribution in [0.2, 0.25) is 0 Å². The highest BCUT2D eigenvalue weighted by molar-refractivity contribution is 7.54. The number of hydrogen-bond acceptors (Lipinski definition) is 2. The molecule has 1 fully saturated rings. The third-order valence-corrected chi connectivity index (χ3v) is 5.05. The lowest BCUT2D eigenvalue weighted by molar-refractivity contribution is 0.335. The van der Waals surface area contributed by atoms with Crippen LogP contribution in [0.25, 0.3) is 0 Å². The molecule has 0 aliphatic heterocycles. The Labute approximate surface area is 94.9 Å². The van der Waals surface area contributed by atoms with Crippen LogP contribution < -0.4 is 5.32 Å². The summed E-state index contributed by atoms with van der Waals surface area (Å²) >= 11 is 0. The molecule has 1 saturated carbocycles. The van der Waals surface area contributed by atoms with Crippen molar-refractivity contribution in [1.29, 1.82) is 0 Å². The zero-order chi connectivity index (χ0) is 11.8. The van der Waals surface area contributed by atoms with Gasteiger partial charge in [-0.15, -0.1) is 0 Å². The molecule has 1 aromatic carbocycles. The molecule has 0 bridgehead atoms. The second-order valence-corrected chi connectivity index (χ2v) is 6.30. The lowest BCUT2D eigenvalue weighted by atomic mass is 10.2. The number of rotatable bonds is 4. The van der Waals surface area contributed by atoms with Crippen molar-refractivity contribution in [2.45, 2.75) is 25.2 Å². The highest BCUT2D eigenvalue weighted by atomic mass is 31.2. The first kappa shape index (κ1) is 11.8. The molecule has 1 aliphatic carbocycles. The largest absolute Gasteiger partial charge is 0.345 e. The lowest BCUT2D eigenvalue weighted by Gasteiger charge is -2.20. The molecule has 0 unspecified atom stereocenters. The van der Waals surface area contributed by atoms with Gasteiger partial charge in [0, 0.05) is 6.54 Å². The van der Waals surface area contributed by atoms with Gasteiger partial charge >= 0.3 is 7.60 Å². The molecular weight excluding hydrogens is 225 g/mol. The second-order valence-electron chi connectivity index (χ2n) is 4.41. The zero-order valence-electron chi connectivity index (χ0n) is 9.13. The Hall–Kier alpha value is -0.670. The molecule has 0 radical (unpaired) electrons. The van der Waals surface area contributed by atoms with E-state index in [1.165, 1.54) is 0 Å². The molecule has 16 heavy (non-hydrogen) atoms. The van der Waals surface area contributed by atoms with Crippen LogP contribution in [0.15, 0.2) is 30.3 Å². The van der Waals surface area contributed by atoms with Crippen molar-refractivity contribution in [3.05, 3.63) is 35.9 Å². The summed E-state index contributed by atoms with van der Waals surface area (Å²) in [6.45, 7) is 2.35. The predicted octanol–water partition coefficient (Wildman–Crippen LogP) is 1.69. The Bertz CT molecular complexity index is 416. The van der Waals surface area contributed by atoms with Crippen LogP contribution in [0, 0.1) is 5.92 Å².